The van der Waals surface area contributed by atoms with E-state index in [1.54, 1.807) is 0 Å². The van der Waals surface area contributed by atoms with E-state index < -0.39 is 0 Å². The Balaban J connectivity index is 1.71. The molecule has 65 heavy (non-hydrogen) atoms. The second kappa shape index (κ2) is 24.3. The summed E-state index contributed by atoms with van der Waals surface area (Å²) in [5.41, 5.74) is 15.7. The van der Waals surface area contributed by atoms with E-state index in [1.165, 1.54) is 16.8 Å². The first-order valence-electron chi connectivity index (χ1n) is 22.4. The van der Waals surface area contributed by atoms with Crippen molar-refractivity contribution in [3.8, 4) is 0 Å². The summed E-state index contributed by atoms with van der Waals surface area (Å²) in [6.45, 7) is 30.9. The summed E-state index contributed by atoms with van der Waals surface area (Å²) in [6, 6.07) is 34.9. The highest BCUT2D eigenvalue weighted by atomic mass is 15.2. The number of nitrogens with zero attached hydrogens (tertiary/aromatic N) is 4. The molecule has 0 atom stereocenters. The number of hydrogen-bond acceptors (Lipinski definition) is 4. The van der Waals surface area contributed by atoms with Crippen molar-refractivity contribution in [3.63, 3.8) is 0 Å². The average Bonchev–Trinajstić information content (AvgIpc) is 3.30. The minimum Gasteiger partial charge on any atom is -0.315 e. The fraction of sp³-hybridized carbons (Fsp3) is 0.148. The van der Waals surface area contributed by atoms with Gasteiger partial charge in [-0.05, 0) is 200 Å². The molecular weight excluding hydrogens is 789 g/mol. The van der Waals surface area contributed by atoms with Gasteiger partial charge in [0.15, 0.2) is 0 Å². The highest BCUT2D eigenvalue weighted by molar-refractivity contribution is 5.77. The summed E-state index contributed by atoms with van der Waals surface area (Å²) in [6.07, 6.45) is 37.4. The van der Waals surface area contributed by atoms with Gasteiger partial charge in [0.05, 0.1) is 0 Å². The summed E-state index contributed by atoms with van der Waals surface area (Å²) in [7, 11) is 0. The van der Waals surface area contributed by atoms with E-state index in [0.717, 1.165) is 81.0 Å². The zero-order valence-electron chi connectivity index (χ0n) is 39.6. The van der Waals surface area contributed by atoms with Gasteiger partial charge in [0.1, 0.15) is 0 Å². The topological polar surface area (TPSA) is 13.0 Å². The molecule has 0 saturated heterocycles. The van der Waals surface area contributed by atoms with Crippen LogP contribution in [0.3, 0.4) is 0 Å². The van der Waals surface area contributed by atoms with Crippen LogP contribution in [-0.2, 0) is 0 Å². The van der Waals surface area contributed by atoms with Crippen molar-refractivity contribution in [3.05, 3.63) is 278 Å². The Morgan fingerprint density at radius 1 is 0.569 bits per heavy atom. The second-order valence-electron chi connectivity index (χ2n) is 15.8. The first kappa shape index (κ1) is 48.5. The minimum absolute atomic E-state index is 0.907. The molecule has 4 heteroatoms. The molecule has 0 bridgehead atoms. The van der Waals surface area contributed by atoms with Gasteiger partial charge in [0.25, 0.3) is 0 Å². The quantitative estimate of drug-likeness (QED) is 0.0821. The van der Waals surface area contributed by atoms with Crippen molar-refractivity contribution < 1.29 is 0 Å². The number of aryl methyl sites for hydroxylation is 2. The smallest absolute Gasteiger partial charge is 0.0464 e. The van der Waals surface area contributed by atoms with Crippen LogP contribution in [0, 0.1) is 13.8 Å². The van der Waals surface area contributed by atoms with Crippen molar-refractivity contribution in [2.45, 2.75) is 61.3 Å². The van der Waals surface area contributed by atoms with Gasteiger partial charge in [-0.25, -0.2) is 0 Å². The highest BCUT2D eigenvalue weighted by Gasteiger charge is 2.20. The number of benzene rings is 4. The van der Waals surface area contributed by atoms with Gasteiger partial charge in [0, 0.05) is 68.3 Å². The van der Waals surface area contributed by atoms with Crippen molar-refractivity contribution in [2.75, 3.05) is 19.6 Å². The van der Waals surface area contributed by atoms with Gasteiger partial charge < -0.3 is 19.6 Å². The Hall–Kier alpha value is -7.56. The van der Waals surface area contributed by atoms with Crippen LogP contribution in [0.15, 0.2) is 266 Å². The molecule has 0 fully saturated rings. The predicted molar refractivity (Wildman–Crippen MR) is 287 cm³/mol. The van der Waals surface area contributed by atoms with Gasteiger partial charge in [-0.3, -0.25) is 0 Å². The molecule has 0 heterocycles. The molecule has 0 spiro atoms. The van der Waals surface area contributed by atoms with E-state index in [1.807, 2.05) is 56.4 Å². The summed E-state index contributed by atoms with van der Waals surface area (Å²) >= 11 is 0. The zero-order valence-corrected chi connectivity index (χ0v) is 39.6. The molecule has 330 valence electrons. The van der Waals surface area contributed by atoms with Crippen molar-refractivity contribution in [1.29, 1.82) is 0 Å². The van der Waals surface area contributed by atoms with Crippen LogP contribution in [0.25, 0.3) is 0 Å². The molecule has 0 saturated carbocycles. The summed E-state index contributed by atoms with van der Waals surface area (Å²) in [5.74, 6) is 0. The predicted octanol–water partition coefficient (Wildman–Crippen LogP) is 17.4. The molecule has 0 amide bonds. The summed E-state index contributed by atoms with van der Waals surface area (Å²) in [4.78, 5) is 9.12. The number of rotatable bonds is 20. The molecular formula is C61H66N4. The third kappa shape index (κ3) is 12.8. The van der Waals surface area contributed by atoms with Gasteiger partial charge >= 0.3 is 0 Å². The highest BCUT2D eigenvalue weighted by Crippen LogP contribution is 2.38. The Bertz CT molecular complexity index is 2630. The van der Waals surface area contributed by atoms with E-state index in [0.29, 0.717) is 0 Å². The molecule has 0 N–H and O–H groups in total. The lowest BCUT2D eigenvalue weighted by atomic mass is 10.1. The molecule has 4 aromatic carbocycles. The van der Waals surface area contributed by atoms with Gasteiger partial charge in [0.2, 0.25) is 0 Å². The maximum absolute atomic E-state index is 4.18. The number of hydrogen-bond donors (Lipinski definition) is 0. The molecule has 0 radical (unpaired) electrons. The Morgan fingerprint density at radius 2 is 1.14 bits per heavy atom. The maximum Gasteiger partial charge on any atom is 0.0464 e. The minimum atomic E-state index is 0.907. The Morgan fingerprint density at radius 3 is 1.66 bits per heavy atom. The second-order valence-corrected chi connectivity index (χ2v) is 15.8. The fourth-order valence-electron chi connectivity index (χ4n) is 7.78. The number of anilines is 6. The van der Waals surface area contributed by atoms with E-state index in [4.69, 9.17) is 0 Å². The van der Waals surface area contributed by atoms with Crippen molar-refractivity contribution in [2.24, 2.45) is 0 Å². The van der Waals surface area contributed by atoms with E-state index in [9.17, 15) is 0 Å². The van der Waals surface area contributed by atoms with Crippen LogP contribution in [0.1, 0.15) is 58.6 Å². The summed E-state index contributed by atoms with van der Waals surface area (Å²) < 4.78 is 0. The Kier molecular flexibility index (Phi) is 18.1. The van der Waals surface area contributed by atoms with Crippen molar-refractivity contribution >= 4 is 34.1 Å². The zero-order chi connectivity index (χ0) is 46.7. The first-order chi connectivity index (χ1) is 31.6. The molecule has 4 nitrogen and oxygen atoms in total. The van der Waals surface area contributed by atoms with E-state index in [2.05, 4.69) is 238 Å². The van der Waals surface area contributed by atoms with Crippen LogP contribution in [-0.4, -0.2) is 0 Å². The lowest BCUT2D eigenvalue weighted by Gasteiger charge is -2.31. The molecule has 1 aliphatic carbocycles. The van der Waals surface area contributed by atoms with Crippen LogP contribution >= 0.6 is 0 Å². The van der Waals surface area contributed by atoms with Gasteiger partial charge in [-0.1, -0.05) is 105 Å². The normalized spacial score (nSPS) is 13.9. The maximum atomic E-state index is 4.18. The van der Waals surface area contributed by atoms with Crippen LogP contribution in [0.5, 0.6) is 0 Å². The lowest BCUT2D eigenvalue weighted by molar-refractivity contribution is 0.997. The molecule has 5 rings (SSSR count). The van der Waals surface area contributed by atoms with Crippen LogP contribution < -0.4 is 19.6 Å². The third-order valence-electron chi connectivity index (χ3n) is 10.6. The first-order valence-corrected chi connectivity index (χ1v) is 22.4. The van der Waals surface area contributed by atoms with Crippen LogP contribution in [0.2, 0.25) is 0 Å². The van der Waals surface area contributed by atoms with Crippen molar-refractivity contribution in [1.82, 2.24) is 0 Å². The standard InChI is InChI=1S/C61H66N4/c1-12-18-29-51(16-5)63(60-32-22-27-48(9)45-60)54(26-15-4)35-34-50(11)62(56-36-40-58(41-37-56)64(52(17-6)44-47(7)8)53(24-13-2)25-14-3)57-38-42-59(43-39-57)65(55-30-20-19-21-31-55)61-33-23-28-49(10)46-61/h12-18,20,22-46H,1-2,6-7,19,21H2,3-5,8-11H3/b25-14-,26-15-,29-18-,50-34+,51-16+,52-44+,53-24+,54-35+. The largest absolute Gasteiger partial charge is 0.315 e. The lowest BCUT2D eigenvalue weighted by Crippen LogP contribution is -2.21. The van der Waals surface area contributed by atoms with E-state index in [-0.39, 0.29) is 0 Å². The molecule has 0 aromatic heterocycles. The Labute approximate surface area is 390 Å². The summed E-state index contributed by atoms with van der Waals surface area (Å²) in [5, 5.41) is 0. The monoisotopic (exact) mass is 855 g/mol. The number of allylic oxidation sites excluding steroid dienone is 19. The molecule has 1 aliphatic rings. The van der Waals surface area contributed by atoms with E-state index >= 15 is 0 Å². The SMILES string of the molecule is C=C/C=C\C(=C/C)N(C(/C=C\C)=C/C=C(\C)N(c1ccc(N(/C(C=C)=C/C(=C)C)C(/C=C\C)=C/C=C)cc1)c1ccc(N(C2=CCCC=C2)c2cccc(C)c2)cc1)c1cccc(C)c1. The molecule has 0 aliphatic heterocycles. The third-order valence-corrected chi connectivity index (χ3v) is 10.6. The van der Waals surface area contributed by atoms with Gasteiger partial charge in [-0.2, -0.15) is 0 Å². The molecule has 0 unspecified atom stereocenters. The average molecular weight is 855 g/mol. The fourth-order valence-corrected chi connectivity index (χ4v) is 7.78. The van der Waals surface area contributed by atoms with Gasteiger partial charge in [-0.15, -0.1) is 0 Å². The molecule has 4 aromatic rings. The van der Waals surface area contributed by atoms with Crippen LogP contribution in [0.4, 0.5) is 34.1 Å².